The van der Waals surface area contributed by atoms with E-state index in [2.05, 4.69) is 24.3 Å². The smallest absolute Gasteiger partial charge is 0.233 e. The zero-order valence-corrected chi connectivity index (χ0v) is 32.3. The lowest BCUT2D eigenvalue weighted by molar-refractivity contribution is -0.130. The fourth-order valence-electron chi connectivity index (χ4n) is 8.47. The topological polar surface area (TPSA) is 77.5 Å². The number of rotatable bonds is 10. The molecule has 2 fully saturated rings. The van der Waals surface area contributed by atoms with E-state index in [1.54, 1.807) is 0 Å². The Hall–Kier alpha value is -6.22. The molecule has 0 unspecified atom stereocenters. The quantitative estimate of drug-likeness (QED) is 0.139. The maximum Gasteiger partial charge on any atom is 0.233 e. The van der Waals surface area contributed by atoms with E-state index in [9.17, 15) is 9.59 Å². The molecule has 10 rings (SSSR count). The molecule has 4 aliphatic heterocycles. The predicted octanol–water partition coefficient (Wildman–Crippen LogP) is 8.58. The molecule has 58 heavy (non-hydrogen) atoms. The van der Waals surface area contributed by atoms with Gasteiger partial charge in [0.15, 0.2) is 0 Å². The monoisotopic (exact) mass is 770 g/mol. The third-order valence-electron chi connectivity index (χ3n) is 11.4. The van der Waals surface area contributed by atoms with Crippen molar-refractivity contribution in [1.82, 2.24) is 9.80 Å². The second kappa shape index (κ2) is 17.1. The van der Waals surface area contributed by atoms with Gasteiger partial charge >= 0.3 is 0 Å². The van der Waals surface area contributed by atoms with Crippen molar-refractivity contribution in [3.63, 3.8) is 0 Å². The first-order valence-electron chi connectivity index (χ1n) is 20.0. The van der Waals surface area contributed by atoms with E-state index in [-0.39, 0.29) is 35.9 Å². The Morgan fingerprint density at radius 3 is 1.21 bits per heavy atom. The average molecular weight is 771 g/mol. The Bertz CT molecular complexity index is 2170. The molecular formula is C50H46N2O6. The molecule has 4 aliphatic rings. The molecule has 0 spiro atoms. The van der Waals surface area contributed by atoms with Crippen LogP contribution in [0.25, 0.3) is 0 Å². The Labute approximate surface area is 339 Å². The van der Waals surface area contributed by atoms with Crippen molar-refractivity contribution in [2.24, 2.45) is 0 Å². The highest BCUT2D eigenvalue weighted by molar-refractivity contribution is 5.88. The summed E-state index contributed by atoms with van der Waals surface area (Å²) in [5.74, 6) is 1.48. The lowest BCUT2D eigenvalue weighted by atomic mass is 9.89. The van der Waals surface area contributed by atoms with Crippen LogP contribution in [0.15, 0.2) is 158 Å². The summed E-state index contributed by atoms with van der Waals surface area (Å²) < 4.78 is 24.0. The van der Waals surface area contributed by atoms with E-state index in [4.69, 9.17) is 18.9 Å². The summed E-state index contributed by atoms with van der Waals surface area (Å²) in [4.78, 5) is 30.1. The Balaban J connectivity index is 0.000000150. The van der Waals surface area contributed by atoms with Crippen LogP contribution in [0, 0.1) is 0 Å². The first-order valence-corrected chi connectivity index (χ1v) is 20.0. The van der Waals surface area contributed by atoms with Gasteiger partial charge in [0.05, 0.1) is 37.3 Å². The summed E-state index contributed by atoms with van der Waals surface area (Å²) in [5.41, 5.74) is 8.79. The molecule has 8 nitrogen and oxygen atoms in total. The highest BCUT2D eigenvalue weighted by Crippen LogP contribution is 2.41. The van der Waals surface area contributed by atoms with Gasteiger partial charge in [0.1, 0.15) is 24.7 Å². The number of carbonyl (C=O) groups is 2. The highest BCUT2D eigenvalue weighted by atomic mass is 16.5. The maximum absolute atomic E-state index is 13.1. The van der Waals surface area contributed by atoms with E-state index in [0.717, 1.165) is 56.0 Å². The summed E-state index contributed by atoms with van der Waals surface area (Å²) >= 11 is 0. The first-order chi connectivity index (χ1) is 28.6. The molecule has 8 heteroatoms. The number of amides is 2. The molecule has 0 aromatic heterocycles. The molecule has 2 saturated heterocycles. The van der Waals surface area contributed by atoms with Gasteiger partial charge in [-0.25, -0.2) is 0 Å². The van der Waals surface area contributed by atoms with E-state index in [1.165, 1.54) is 0 Å². The van der Waals surface area contributed by atoms with Gasteiger partial charge in [-0.15, -0.1) is 0 Å². The standard InChI is InChI=1S/2C25H23NO3/c2*27-25-24-22-12-11-21(28-16-19-9-5-2-6-10-19)13-20(22)17-29-23(24)15-26(25)14-18-7-3-1-4-8-18/h2*1-13,23-24H,14-17H2/t23-,24+;23-,24-/m00/s1. The van der Waals surface area contributed by atoms with Crippen molar-refractivity contribution in [2.75, 3.05) is 13.1 Å². The van der Waals surface area contributed by atoms with E-state index < -0.39 is 0 Å². The number of fused-ring (bicyclic) bond motifs is 6. The van der Waals surface area contributed by atoms with Crippen LogP contribution in [0.3, 0.4) is 0 Å². The first kappa shape index (κ1) is 37.4. The molecule has 292 valence electrons. The Morgan fingerprint density at radius 1 is 0.466 bits per heavy atom. The molecule has 4 atom stereocenters. The molecule has 0 saturated carbocycles. The third-order valence-corrected chi connectivity index (χ3v) is 11.4. The summed E-state index contributed by atoms with van der Waals surface area (Å²) in [6.07, 6.45) is -0.149. The van der Waals surface area contributed by atoms with Crippen LogP contribution >= 0.6 is 0 Å². The van der Waals surface area contributed by atoms with Crippen LogP contribution in [0.5, 0.6) is 11.5 Å². The van der Waals surface area contributed by atoms with Crippen molar-refractivity contribution in [3.05, 3.63) is 202 Å². The van der Waals surface area contributed by atoms with Crippen molar-refractivity contribution in [1.29, 1.82) is 0 Å². The molecule has 6 aromatic carbocycles. The molecular weight excluding hydrogens is 725 g/mol. The van der Waals surface area contributed by atoms with Crippen LogP contribution in [0.2, 0.25) is 0 Å². The predicted molar refractivity (Wildman–Crippen MR) is 221 cm³/mol. The summed E-state index contributed by atoms with van der Waals surface area (Å²) in [6, 6.07) is 52.5. The van der Waals surface area contributed by atoms with Crippen LogP contribution in [0.1, 0.15) is 56.3 Å². The van der Waals surface area contributed by atoms with Gasteiger partial charge in [-0.3, -0.25) is 9.59 Å². The second-order valence-corrected chi connectivity index (χ2v) is 15.3. The molecule has 6 aromatic rings. The summed E-state index contributed by atoms with van der Waals surface area (Å²) in [7, 11) is 0. The zero-order chi connectivity index (χ0) is 39.3. The van der Waals surface area contributed by atoms with Gasteiger partial charge in [-0.1, -0.05) is 133 Å². The lowest BCUT2D eigenvalue weighted by Crippen LogP contribution is -2.28. The molecule has 0 N–H and O–H groups in total. The van der Waals surface area contributed by atoms with Gasteiger partial charge in [-0.05, 0) is 68.8 Å². The van der Waals surface area contributed by atoms with Crippen LogP contribution < -0.4 is 9.47 Å². The number of hydrogen-bond donors (Lipinski definition) is 0. The van der Waals surface area contributed by atoms with Gasteiger partial charge in [0.2, 0.25) is 11.8 Å². The van der Waals surface area contributed by atoms with Crippen LogP contribution in [-0.2, 0) is 58.6 Å². The molecule has 0 bridgehead atoms. The number of benzene rings is 6. The van der Waals surface area contributed by atoms with Crippen molar-refractivity contribution < 1.29 is 28.5 Å². The average Bonchev–Trinajstić information content (AvgIpc) is 3.77. The normalized spacial score (nSPS) is 20.3. The fourth-order valence-corrected chi connectivity index (χ4v) is 8.47. The largest absolute Gasteiger partial charge is 0.489 e. The molecule has 0 radical (unpaired) electrons. The molecule has 2 amide bonds. The van der Waals surface area contributed by atoms with Crippen molar-refractivity contribution >= 4 is 11.8 Å². The van der Waals surface area contributed by atoms with Gasteiger partial charge < -0.3 is 28.7 Å². The molecule has 0 aliphatic carbocycles. The number of carbonyl (C=O) groups excluding carboxylic acids is 2. The van der Waals surface area contributed by atoms with Gasteiger partial charge in [-0.2, -0.15) is 0 Å². The third kappa shape index (κ3) is 8.26. The highest BCUT2D eigenvalue weighted by Gasteiger charge is 2.46. The van der Waals surface area contributed by atoms with Crippen molar-refractivity contribution in [3.8, 4) is 11.5 Å². The molecule has 4 heterocycles. The summed E-state index contributed by atoms with van der Waals surface area (Å²) in [5, 5.41) is 0. The zero-order valence-electron chi connectivity index (χ0n) is 32.3. The number of likely N-dealkylation sites (tertiary alicyclic amines) is 2. The maximum atomic E-state index is 13.1. The Morgan fingerprint density at radius 2 is 0.828 bits per heavy atom. The minimum Gasteiger partial charge on any atom is -0.489 e. The van der Waals surface area contributed by atoms with Crippen LogP contribution in [0.4, 0.5) is 0 Å². The number of hydrogen-bond acceptors (Lipinski definition) is 6. The van der Waals surface area contributed by atoms with Crippen molar-refractivity contribution in [2.45, 2.75) is 63.6 Å². The van der Waals surface area contributed by atoms with Gasteiger partial charge in [0, 0.05) is 26.2 Å². The Kier molecular flexibility index (Phi) is 11.0. The fraction of sp³-hybridized carbons (Fsp3) is 0.240. The number of ether oxygens (including phenoxy) is 4. The second-order valence-electron chi connectivity index (χ2n) is 15.3. The minimum atomic E-state index is -0.217. The van der Waals surface area contributed by atoms with E-state index in [1.807, 2.05) is 143 Å². The van der Waals surface area contributed by atoms with Crippen LogP contribution in [-0.4, -0.2) is 46.9 Å². The summed E-state index contributed by atoms with van der Waals surface area (Å²) in [6.45, 7) is 4.63. The number of nitrogens with zero attached hydrogens (tertiary/aromatic N) is 2. The minimum absolute atomic E-state index is 0.0743. The van der Waals surface area contributed by atoms with E-state index >= 15 is 0 Å². The van der Waals surface area contributed by atoms with E-state index in [0.29, 0.717) is 52.6 Å². The SMILES string of the molecule is O=C1[C@@H]2c3ccc(OCc4ccccc4)cc3CO[C@H]2CN1Cc1ccccc1.O=C1[C@H]2c3ccc(OCc4ccccc4)cc3CO[C@H]2CN1Cc1ccccc1. The van der Waals surface area contributed by atoms with Gasteiger partial charge in [0.25, 0.3) is 0 Å². The lowest BCUT2D eigenvalue weighted by Gasteiger charge is -2.26.